The molecule has 0 aromatic heterocycles. The van der Waals surface area contributed by atoms with E-state index in [0.717, 1.165) is 6.07 Å². The van der Waals surface area contributed by atoms with Gasteiger partial charge in [0.15, 0.2) is 5.78 Å². The number of ketones is 1. The molecule has 0 aliphatic carbocycles. The first-order chi connectivity index (χ1) is 7.91. The van der Waals surface area contributed by atoms with Crippen molar-refractivity contribution in [1.29, 1.82) is 0 Å². The van der Waals surface area contributed by atoms with Crippen molar-refractivity contribution < 1.29 is 20.1 Å². The molecule has 0 aliphatic rings. The number of hydrogen-bond donors (Lipinski definition) is 3. The first-order valence-corrected chi connectivity index (χ1v) is 5.11. The topological polar surface area (TPSA) is 77.8 Å². The highest BCUT2D eigenvalue weighted by Gasteiger charge is 2.17. The number of carbonyl (C=O) groups excluding carboxylic acids is 1. The fourth-order valence-corrected chi connectivity index (χ4v) is 2.07. The lowest BCUT2D eigenvalue weighted by Gasteiger charge is -2.11. The van der Waals surface area contributed by atoms with E-state index >= 15 is 0 Å². The third kappa shape index (κ3) is 1.67. The Morgan fingerprint density at radius 2 is 1.76 bits per heavy atom. The molecular weight excluding hydrogens is 220 g/mol. The summed E-state index contributed by atoms with van der Waals surface area (Å²) in [5.41, 5.74) is 0.797. The summed E-state index contributed by atoms with van der Waals surface area (Å²) in [7, 11) is 0. The van der Waals surface area contributed by atoms with Gasteiger partial charge in [-0.3, -0.25) is 4.79 Å². The van der Waals surface area contributed by atoms with Crippen molar-refractivity contribution in [2.75, 3.05) is 0 Å². The molecule has 0 fully saturated rings. The molecule has 2 aromatic carbocycles. The highest BCUT2D eigenvalue weighted by molar-refractivity contribution is 6.07. The van der Waals surface area contributed by atoms with E-state index in [-0.39, 0.29) is 34.0 Å². The van der Waals surface area contributed by atoms with Crippen molar-refractivity contribution in [3.05, 3.63) is 29.3 Å². The molecule has 2 aromatic rings. The van der Waals surface area contributed by atoms with Crippen LogP contribution in [0.4, 0.5) is 0 Å². The minimum Gasteiger partial charge on any atom is -0.508 e. The molecule has 2 rings (SSSR count). The molecule has 17 heavy (non-hydrogen) atoms. The molecule has 0 bridgehead atoms. The Hall–Kier alpha value is -2.23. The summed E-state index contributed by atoms with van der Waals surface area (Å²) in [6.45, 7) is 3.04. The van der Waals surface area contributed by atoms with Crippen molar-refractivity contribution >= 4 is 16.6 Å². The van der Waals surface area contributed by atoms with Gasteiger partial charge in [-0.2, -0.15) is 0 Å². The summed E-state index contributed by atoms with van der Waals surface area (Å²) in [5.74, 6) is -0.858. The molecule has 0 radical (unpaired) electrons. The smallest absolute Gasteiger partial charge is 0.163 e. The van der Waals surface area contributed by atoms with Gasteiger partial charge in [0.2, 0.25) is 0 Å². The largest absolute Gasteiger partial charge is 0.508 e. The summed E-state index contributed by atoms with van der Waals surface area (Å²) in [4.78, 5) is 11.4. The molecule has 0 unspecified atom stereocenters. The minimum absolute atomic E-state index is 0.0932. The van der Waals surface area contributed by atoms with Crippen LogP contribution in [0.15, 0.2) is 18.2 Å². The maximum absolute atomic E-state index is 11.4. The highest BCUT2D eigenvalue weighted by atomic mass is 16.3. The van der Waals surface area contributed by atoms with E-state index in [1.165, 1.54) is 13.0 Å². The van der Waals surface area contributed by atoms with E-state index in [1.807, 2.05) is 0 Å². The molecule has 0 heterocycles. The first-order valence-electron chi connectivity index (χ1n) is 5.11. The standard InChI is InChI=1S/C13H12O4/c1-6-3-8-4-9(15)5-10(16)12(8)13(17)11(6)7(2)14/h3-5,15-17H,1-2H3. The van der Waals surface area contributed by atoms with E-state index in [9.17, 15) is 20.1 Å². The number of Topliss-reactive ketones (excluding diaryl/α,β-unsaturated/α-hetero) is 1. The van der Waals surface area contributed by atoms with Crippen LogP contribution in [0.25, 0.3) is 10.8 Å². The lowest BCUT2D eigenvalue weighted by atomic mass is 9.97. The molecule has 0 spiro atoms. The maximum Gasteiger partial charge on any atom is 0.163 e. The average Bonchev–Trinajstić information content (AvgIpc) is 2.13. The summed E-state index contributed by atoms with van der Waals surface area (Å²) >= 11 is 0. The van der Waals surface area contributed by atoms with Crippen molar-refractivity contribution in [2.45, 2.75) is 13.8 Å². The maximum atomic E-state index is 11.4. The molecule has 3 N–H and O–H groups in total. The molecule has 88 valence electrons. The average molecular weight is 232 g/mol. The number of fused-ring (bicyclic) bond motifs is 1. The summed E-state index contributed by atoms with van der Waals surface area (Å²) in [6, 6.07) is 4.19. The minimum atomic E-state index is -0.269. The predicted octanol–water partition coefficient (Wildman–Crippen LogP) is 2.47. The normalized spacial score (nSPS) is 10.7. The quantitative estimate of drug-likeness (QED) is 0.660. The highest BCUT2D eigenvalue weighted by Crippen LogP contribution is 2.39. The number of phenols is 3. The second-order valence-corrected chi connectivity index (χ2v) is 4.04. The third-order valence-electron chi connectivity index (χ3n) is 2.72. The van der Waals surface area contributed by atoms with Crippen LogP contribution in [0.1, 0.15) is 22.8 Å². The van der Waals surface area contributed by atoms with E-state index in [2.05, 4.69) is 0 Å². The van der Waals surface area contributed by atoms with Crippen LogP contribution >= 0.6 is 0 Å². The Kier molecular flexibility index (Phi) is 2.42. The van der Waals surface area contributed by atoms with Crippen molar-refractivity contribution in [3.63, 3.8) is 0 Å². The van der Waals surface area contributed by atoms with Gasteiger partial charge in [-0.15, -0.1) is 0 Å². The van der Waals surface area contributed by atoms with Crippen molar-refractivity contribution in [3.8, 4) is 17.2 Å². The van der Waals surface area contributed by atoms with Crippen LogP contribution in [0.2, 0.25) is 0 Å². The van der Waals surface area contributed by atoms with Gasteiger partial charge < -0.3 is 15.3 Å². The Morgan fingerprint density at radius 1 is 1.12 bits per heavy atom. The van der Waals surface area contributed by atoms with Crippen LogP contribution in [-0.4, -0.2) is 21.1 Å². The number of benzene rings is 2. The van der Waals surface area contributed by atoms with Crippen LogP contribution in [0.3, 0.4) is 0 Å². The second-order valence-electron chi connectivity index (χ2n) is 4.04. The number of aromatic hydroxyl groups is 3. The van der Waals surface area contributed by atoms with Crippen LogP contribution in [0.5, 0.6) is 17.2 Å². The number of carbonyl (C=O) groups is 1. The molecule has 4 nitrogen and oxygen atoms in total. The van der Waals surface area contributed by atoms with Gasteiger partial charge in [-0.25, -0.2) is 0 Å². The van der Waals surface area contributed by atoms with Crippen molar-refractivity contribution in [1.82, 2.24) is 0 Å². The fourth-order valence-electron chi connectivity index (χ4n) is 2.07. The fraction of sp³-hybridized carbons (Fsp3) is 0.154. The van der Waals surface area contributed by atoms with Gasteiger partial charge in [-0.05, 0) is 30.9 Å². The Morgan fingerprint density at radius 3 is 2.35 bits per heavy atom. The zero-order valence-electron chi connectivity index (χ0n) is 9.48. The molecule has 0 saturated heterocycles. The van der Waals surface area contributed by atoms with Gasteiger partial charge in [0.25, 0.3) is 0 Å². The van der Waals surface area contributed by atoms with E-state index in [1.54, 1.807) is 13.0 Å². The zero-order valence-corrected chi connectivity index (χ0v) is 9.48. The third-order valence-corrected chi connectivity index (χ3v) is 2.72. The molecule has 0 saturated carbocycles. The van der Waals surface area contributed by atoms with Crippen molar-refractivity contribution in [2.24, 2.45) is 0 Å². The molecule has 0 atom stereocenters. The lowest BCUT2D eigenvalue weighted by molar-refractivity contribution is 0.101. The Bertz CT molecular complexity index is 629. The van der Waals surface area contributed by atoms with Gasteiger partial charge >= 0.3 is 0 Å². The summed E-state index contributed by atoms with van der Waals surface area (Å²) < 4.78 is 0. The van der Waals surface area contributed by atoms with Crippen LogP contribution in [0, 0.1) is 6.92 Å². The molecule has 0 aliphatic heterocycles. The molecule has 0 amide bonds. The van der Waals surface area contributed by atoms with E-state index < -0.39 is 0 Å². The van der Waals surface area contributed by atoms with E-state index in [4.69, 9.17) is 0 Å². The second kappa shape index (κ2) is 3.66. The SMILES string of the molecule is CC(=O)c1c(C)cc2cc(O)cc(O)c2c1O. The monoisotopic (exact) mass is 232 g/mol. The number of hydrogen-bond acceptors (Lipinski definition) is 4. The summed E-state index contributed by atoms with van der Waals surface area (Å²) in [6.07, 6.45) is 0. The molecular formula is C13H12O4. The Labute approximate surface area is 97.8 Å². The zero-order chi connectivity index (χ0) is 12.7. The van der Waals surface area contributed by atoms with Crippen LogP contribution < -0.4 is 0 Å². The molecule has 4 heteroatoms. The predicted molar refractivity (Wildman–Crippen MR) is 63.7 cm³/mol. The van der Waals surface area contributed by atoms with E-state index in [0.29, 0.717) is 10.9 Å². The van der Waals surface area contributed by atoms with Gasteiger partial charge in [0.05, 0.1) is 10.9 Å². The van der Waals surface area contributed by atoms with Gasteiger partial charge in [0.1, 0.15) is 17.2 Å². The number of aryl methyl sites for hydroxylation is 1. The summed E-state index contributed by atoms with van der Waals surface area (Å²) in [5, 5.41) is 29.7. The number of phenolic OH excluding ortho intramolecular Hbond substituents is 3. The van der Waals surface area contributed by atoms with Gasteiger partial charge in [-0.1, -0.05) is 6.07 Å². The Balaban J connectivity index is 2.97. The van der Waals surface area contributed by atoms with Gasteiger partial charge in [0, 0.05) is 6.07 Å². The first kappa shape index (κ1) is 11.3. The van der Waals surface area contributed by atoms with Crippen LogP contribution in [-0.2, 0) is 0 Å². The lowest BCUT2D eigenvalue weighted by Crippen LogP contribution is -1.97. The number of rotatable bonds is 1.